The zero-order valence-electron chi connectivity index (χ0n) is 12.1. The van der Waals surface area contributed by atoms with Gasteiger partial charge in [-0.25, -0.2) is 15.0 Å². The maximum atomic E-state index is 9.45. The lowest BCUT2D eigenvalue weighted by atomic mass is 9.98. The van der Waals surface area contributed by atoms with Crippen LogP contribution in [0.15, 0.2) is 17.7 Å². The maximum Gasteiger partial charge on any atom is 0.181 e. The van der Waals surface area contributed by atoms with Gasteiger partial charge in [0.05, 0.1) is 12.4 Å². The molecule has 1 aliphatic rings. The number of nitriles is 1. The van der Waals surface area contributed by atoms with E-state index in [1.54, 1.807) is 18.1 Å². The molecule has 2 atom stereocenters. The highest BCUT2D eigenvalue weighted by atomic mass is 32.2. The molecule has 0 bridgehead atoms. The van der Waals surface area contributed by atoms with Crippen molar-refractivity contribution in [3.05, 3.63) is 12.7 Å². The summed E-state index contributed by atoms with van der Waals surface area (Å²) >= 11 is 1.65. The van der Waals surface area contributed by atoms with Crippen LogP contribution in [0.1, 0.15) is 33.1 Å². The van der Waals surface area contributed by atoms with Gasteiger partial charge in [-0.05, 0) is 26.2 Å². The van der Waals surface area contributed by atoms with Gasteiger partial charge in [-0.3, -0.25) is 5.32 Å². The lowest BCUT2D eigenvalue weighted by molar-refractivity contribution is 0.414. The van der Waals surface area contributed by atoms with E-state index in [9.17, 15) is 5.26 Å². The molecule has 6 nitrogen and oxygen atoms in total. The second-order valence-corrected chi connectivity index (χ2v) is 7.20. The Balaban J connectivity index is 1.69. The van der Waals surface area contributed by atoms with Gasteiger partial charge in [0.1, 0.15) is 22.4 Å². The first-order valence-electron chi connectivity index (χ1n) is 7.09. The number of aromatic nitrogens is 4. The Bertz CT molecular complexity index is 673. The van der Waals surface area contributed by atoms with Crippen LogP contribution in [0.2, 0.25) is 0 Å². The molecule has 2 heterocycles. The van der Waals surface area contributed by atoms with Crippen molar-refractivity contribution in [3.8, 4) is 6.07 Å². The quantitative estimate of drug-likeness (QED) is 0.628. The minimum Gasteiger partial charge on any atom is -0.341 e. The zero-order chi connectivity index (χ0) is 14.9. The number of fused-ring (bicyclic) bond motifs is 1. The monoisotopic (exact) mass is 302 g/mol. The van der Waals surface area contributed by atoms with E-state index >= 15 is 0 Å². The summed E-state index contributed by atoms with van der Waals surface area (Å²) in [5.74, 6) is 0. The second-order valence-electron chi connectivity index (χ2n) is 5.78. The van der Waals surface area contributed by atoms with Crippen molar-refractivity contribution >= 4 is 22.9 Å². The molecule has 2 aromatic heterocycles. The molecule has 0 radical (unpaired) electrons. The SMILES string of the molecule is CC(CC(C)(C#N)NC1CC1)Sc1ncnc2nc[nH]c12. The lowest BCUT2D eigenvalue weighted by Crippen LogP contribution is -2.44. The van der Waals surface area contributed by atoms with Crippen LogP contribution in [0.5, 0.6) is 0 Å². The van der Waals surface area contributed by atoms with Gasteiger partial charge in [-0.1, -0.05) is 6.92 Å². The van der Waals surface area contributed by atoms with E-state index in [-0.39, 0.29) is 5.25 Å². The molecule has 3 rings (SSSR count). The maximum absolute atomic E-state index is 9.45. The molecule has 110 valence electrons. The van der Waals surface area contributed by atoms with Crippen LogP contribution < -0.4 is 5.32 Å². The lowest BCUT2D eigenvalue weighted by Gasteiger charge is -2.26. The summed E-state index contributed by atoms with van der Waals surface area (Å²) in [7, 11) is 0. The molecule has 1 aliphatic carbocycles. The van der Waals surface area contributed by atoms with Gasteiger partial charge in [-0.2, -0.15) is 5.26 Å². The molecule has 21 heavy (non-hydrogen) atoms. The Morgan fingerprint density at radius 3 is 3.05 bits per heavy atom. The number of H-pyrrole nitrogens is 1. The normalized spacial score (nSPS) is 19.1. The number of imidazole rings is 1. The van der Waals surface area contributed by atoms with E-state index in [4.69, 9.17) is 0 Å². The van der Waals surface area contributed by atoms with Gasteiger partial charge in [0.2, 0.25) is 0 Å². The van der Waals surface area contributed by atoms with Gasteiger partial charge in [0, 0.05) is 11.3 Å². The average molecular weight is 302 g/mol. The van der Waals surface area contributed by atoms with Gasteiger partial charge in [0.25, 0.3) is 0 Å². The smallest absolute Gasteiger partial charge is 0.181 e. The Morgan fingerprint density at radius 1 is 1.52 bits per heavy atom. The molecular formula is C14H18N6S. The fraction of sp³-hybridized carbons (Fsp3) is 0.571. The number of hydrogen-bond donors (Lipinski definition) is 2. The van der Waals surface area contributed by atoms with Crippen molar-refractivity contribution in [3.63, 3.8) is 0 Å². The van der Waals surface area contributed by atoms with E-state index in [1.165, 1.54) is 19.2 Å². The average Bonchev–Trinajstić information content (AvgIpc) is 3.11. The third kappa shape index (κ3) is 3.34. The number of hydrogen-bond acceptors (Lipinski definition) is 6. The largest absolute Gasteiger partial charge is 0.341 e. The summed E-state index contributed by atoms with van der Waals surface area (Å²) in [6.07, 6.45) is 6.29. The standard InChI is InChI=1S/C14H18N6S/c1-9(5-14(2,6-15)20-10-3-4-10)21-13-11-12(17-7-16-11)18-8-19-13/h7-10,20H,3-5H2,1-2H3,(H,16,17,18,19). The molecular weight excluding hydrogens is 284 g/mol. The summed E-state index contributed by atoms with van der Waals surface area (Å²) < 4.78 is 0. The van der Waals surface area contributed by atoms with Crippen LogP contribution in [-0.4, -0.2) is 36.8 Å². The fourth-order valence-electron chi connectivity index (χ4n) is 2.45. The van der Waals surface area contributed by atoms with Gasteiger partial charge < -0.3 is 4.98 Å². The van der Waals surface area contributed by atoms with Crippen molar-refractivity contribution in [1.29, 1.82) is 5.26 Å². The van der Waals surface area contributed by atoms with Crippen LogP contribution in [0.25, 0.3) is 11.2 Å². The number of aromatic amines is 1. The molecule has 1 saturated carbocycles. The van der Waals surface area contributed by atoms with E-state index in [0.29, 0.717) is 11.7 Å². The van der Waals surface area contributed by atoms with Gasteiger partial charge in [-0.15, -0.1) is 11.8 Å². The first-order chi connectivity index (χ1) is 10.1. The Morgan fingerprint density at radius 2 is 2.33 bits per heavy atom. The van der Waals surface area contributed by atoms with Crippen molar-refractivity contribution < 1.29 is 0 Å². The summed E-state index contributed by atoms with van der Waals surface area (Å²) in [4.78, 5) is 15.7. The van der Waals surface area contributed by atoms with Crippen LogP contribution in [0, 0.1) is 11.3 Å². The zero-order valence-corrected chi connectivity index (χ0v) is 12.9. The van der Waals surface area contributed by atoms with Crippen LogP contribution >= 0.6 is 11.8 Å². The summed E-state index contributed by atoms with van der Waals surface area (Å²) in [6, 6.07) is 2.94. The Kier molecular flexibility index (Phi) is 3.83. The molecule has 1 fully saturated rings. The molecule has 7 heteroatoms. The van der Waals surface area contributed by atoms with Gasteiger partial charge in [0.15, 0.2) is 5.65 Å². The highest BCUT2D eigenvalue weighted by Gasteiger charge is 2.34. The van der Waals surface area contributed by atoms with Crippen molar-refractivity contribution in [1.82, 2.24) is 25.3 Å². The molecule has 2 unspecified atom stereocenters. The third-order valence-electron chi connectivity index (χ3n) is 3.54. The predicted molar refractivity (Wildman–Crippen MR) is 81.8 cm³/mol. The molecule has 0 aromatic carbocycles. The molecule has 2 aromatic rings. The minimum atomic E-state index is -0.478. The molecule has 0 spiro atoms. The third-order valence-corrected chi connectivity index (χ3v) is 4.65. The van der Waals surface area contributed by atoms with Crippen LogP contribution in [0.3, 0.4) is 0 Å². The summed E-state index contributed by atoms with van der Waals surface area (Å²) in [5.41, 5.74) is 1.07. The summed E-state index contributed by atoms with van der Waals surface area (Å²) in [6.45, 7) is 4.10. The van der Waals surface area contributed by atoms with E-state index in [2.05, 4.69) is 38.2 Å². The highest BCUT2D eigenvalue weighted by molar-refractivity contribution is 8.00. The Hall–Kier alpha value is -1.65. The predicted octanol–water partition coefficient (Wildman–Crippen LogP) is 2.26. The second kappa shape index (κ2) is 5.62. The van der Waals surface area contributed by atoms with Crippen molar-refractivity contribution in [2.75, 3.05) is 0 Å². The molecule has 0 saturated heterocycles. The first kappa shape index (κ1) is 14.3. The number of nitrogens with zero attached hydrogens (tertiary/aromatic N) is 4. The first-order valence-corrected chi connectivity index (χ1v) is 7.97. The van der Waals surface area contributed by atoms with E-state index < -0.39 is 5.54 Å². The van der Waals surface area contributed by atoms with E-state index in [0.717, 1.165) is 17.0 Å². The number of nitrogens with one attached hydrogen (secondary N) is 2. The van der Waals surface area contributed by atoms with Crippen molar-refractivity contribution in [2.24, 2.45) is 0 Å². The Labute approximate surface area is 127 Å². The van der Waals surface area contributed by atoms with Crippen LogP contribution in [-0.2, 0) is 0 Å². The molecule has 0 amide bonds. The number of rotatable bonds is 6. The summed E-state index contributed by atoms with van der Waals surface area (Å²) in [5, 5.41) is 14.0. The molecule has 0 aliphatic heterocycles. The topological polar surface area (TPSA) is 90.3 Å². The fourth-order valence-corrected chi connectivity index (χ4v) is 3.63. The number of thioether (sulfide) groups is 1. The van der Waals surface area contributed by atoms with Gasteiger partial charge >= 0.3 is 0 Å². The van der Waals surface area contributed by atoms with E-state index in [1.807, 2.05) is 6.92 Å². The van der Waals surface area contributed by atoms with Crippen molar-refractivity contribution in [2.45, 2.75) is 55.0 Å². The van der Waals surface area contributed by atoms with Crippen LogP contribution in [0.4, 0.5) is 0 Å². The molecule has 2 N–H and O–H groups in total. The minimum absolute atomic E-state index is 0.266. The highest BCUT2D eigenvalue weighted by Crippen LogP contribution is 2.32.